The van der Waals surface area contributed by atoms with Gasteiger partial charge in [-0.2, -0.15) is 0 Å². The van der Waals surface area contributed by atoms with Crippen molar-refractivity contribution in [2.75, 3.05) is 6.61 Å². The number of aliphatic hydroxyl groups excluding tert-OH is 1. The Kier molecular flexibility index (Phi) is 5.73. The fourth-order valence-electron chi connectivity index (χ4n) is 10.1. The van der Waals surface area contributed by atoms with Crippen LogP contribution >= 0.6 is 0 Å². The highest BCUT2D eigenvalue weighted by molar-refractivity contribution is 5.28. The monoisotopic (exact) mass is 442 g/mol. The van der Waals surface area contributed by atoms with E-state index < -0.39 is 0 Å². The molecule has 0 saturated heterocycles. The summed E-state index contributed by atoms with van der Waals surface area (Å²) in [5, 5.41) is 10.3. The molecule has 5 aliphatic rings. The molecule has 0 bridgehead atoms. The zero-order valence-corrected chi connectivity index (χ0v) is 21.9. The summed E-state index contributed by atoms with van der Waals surface area (Å²) in [6.07, 6.45) is 16.3. The Morgan fingerprint density at radius 1 is 0.938 bits per heavy atom. The van der Waals surface area contributed by atoms with Gasteiger partial charge in [0.25, 0.3) is 0 Å². The van der Waals surface area contributed by atoms with E-state index in [1.807, 2.05) is 0 Å². The van der Waals surface area contributed by atoms with Crippen LogP contribution in [0.1, 0.15) is 112 Å². The van der Waals surface area contributed by atoms with Crippen LogP contribution in [0.2, 0.25) is 0 Å². The Morgan fingerprint density at radius 2 is 1.69 bits per heavy atom. The Bertz CT molecular complexity index is 750. The van der Waals surface area contributed by atoms with E-state index in [4.69, 9.17) is 4.74 Å². The van der Waals surface area contributed by atoms with Gasteiger partial charge in [0.1, 0.15) is 0 Å². The molecule has 0 spiro atoms. The van der Waals surface area contributed by atoms with E-state index in [9.17, 15) is 5.11 Å². The topological polar surface area (TPSA) is 29.5 Å². The lowest BCUT2D eigenvalue weighted by Crippen LogP contribution is -2.56. The molecule has 32 heavy (non-hydrogen) atoms. The highest BCUT2D eigenvalue weighted by Crippen LogP contribution is 2.71. The van der Waals surface area contributed by atoms with E-state index >= 15 is 0 Å². The van der Waals surface area contributed by atoms with Gasteiger partial charge in [-0.25, -0.2) is 0 Å². The lowest BCUT2D eigenvalue weighted by atomic mass is 9.41. The van der Waals surface area contributed by atoms with E-state index in [0.717, 1.165) is 37.2 Å². The Hall–Kier alpha value is -0.340. The summed E-state index contributed by atoms with van der Waals surface area (Å²) in [4.78, 5) is 0. The first-order valence-electron chi connectivity index (χ1n) is 14.1. The quantitative estimate of drug-likeness (QED) is 0.445. The molecule has 4 fully saturated rings. The second-order valence-corrected chi connectivity index (χ2v) is 13.9. The van der Waals surface area contributed by atoms with Gasteiger partial charge in [0, 0.05) is 0 Å². The summed E-state index contributed by atoms with van der Waals surface area (Å²) in [5.41, 5.74) is 3.00. The first-order chi connectivity index (χ1) is 15.1. The lowest BCUT2D eigenvalue weighted by Gasteiger charge is -2.63. The minimum absolute atomic E-state index is 0.103. The number of allylic oxidation sites excluding steroid dienone is 1. The van der Waals surface area contributed by atoms with Gasteiger partial charge in [-0.1, -0.05) is 53.2 Å². The van der Waals surface area contributed by atoms with Gasteiger partial charge in [0.15, 0.2) is 0 Å². The Morgan fingerprint density at radius 3 is 2.34 bits per heavy atom. The maximum atomic E-state index is 10.3. The largest absolute Gasteiger partial charge is 0.393 e. The molecule has 0 aliphatic heterocycles. The molecule has 0 aromatic carbocycles. The summed E-state index contributed by atoms with van der Waals surface area (Å²) >= 11 is 0. The van der Waals surface area contributed by atoms with Crippen molar-refractivity contribution in [2.45, 2.75) is 124 Å². The van der Waals surface area contributed by atoms with Crippen molar-refractivity contribution in [1.82, 2.24) is 0 Å². The van der Waals surface area contributed by atoms with Gasteiger partial charge in [-0.15, -0.1) is 0 Å². The molecule has 2 nitrogen and oxygen atoms in total. The first kappa shape index (κ1) is 23.4. The van der Waals surface area contributed by atoms with Crippen LogP contribution in [0.3, 0.4) is 0 Å². The van der Waals surface area contributed by atoms with Crippen molar-refractivity contribution < 1.29 is 9.84 Å². The van der Waals surface area contributed by atoms with Gasteiger partial charge < -0.3 is 9.84 Å². The summed E-state index contributed by atoms with van der Waals surface area (Å²) in [5.74, 6) is 3.75. The first-order valence-corrected chi connectivity index (χ1v) is 14.1. The highest BCUT2D eigenvalue weighted by Gasteiger charge is 2.64. The van der Waals surface area contributed by atoms with Crippen LogP contribution in [0.15, 0.2) is 11.6 Å². The molecule has 182 valence electrons. The van der Waals surface area contributed by atoms with E-state index in [1.54, 1.807) is 5.57 Å². The predicted octanol–water partition coefficient (Wildman–Crippen LogP) is 7.55. The fraction of sp³-hybridized carbons (Fsp3) is 0.933. The number of ether oxygens (including phenoxy) is 1. The number of aliphatic hydroxyl groups is 1. The molecule has 0 amide bonds. The third-order valence-corrected chi connectivity index (χ3v) is 12.3. The SMILES string of the molecule is CC(C)C1(OC[C@@H](C)[C@H]2CC[C@@H]3[C@]2(C)CC[C@H]2[C@@]3(C)CC=C3C[C@@H](O)CC[C@@]32C)CCC1. The molecule has 0 aromatic heterocycles. The van der Waals surface area contributed by atoms with Crippen LogP contribution in [0, 0.1) is 45.8 Å². The molecular formula is C30H50O2. The van der Waals surface area contributed by atoms with Crippen molar-refractivity contribution in [1.29, 1.82) is 0 Å². The maximum absolute atomic E-state index is 10.3. The van der Waals surface area contributed by atoms with Gasteiger partial charge >= 0.3 is 0 Å². The molecule has 8 atom stereocenters. The third kappa shape index (κ3) is 3.24. The number of rotatable bonds is 5. The molecule has 4 saturated carbocycles. The third-order valence-electron chi connectivity index (χ3n) is 12.3. The molecule has 5 aliphatic carbocycles. The van der Waals surface area contributed by atoms with Crippen LogP contribution in [-0.4, -0.2) is 23.4 Å². The van der Waals surface area contributed by atoms with Crippen LogP contribution in [0.4, 0.5) is 0 Å². The van der Waals surface area contributed by atoms with Crippen LogP contribution in [-0.2, 0) is 4.74 Å². The Labute approximate surface area is 198 Å². The number of fused-ring (bicyclic) bond motifs is 5. The molecule has 2 heteroatoms. The van der Waals surface area contributed by atoms with Gasteiger partial charge in [-0.3, -0.25) is 0 Å². The standard InChI is InChI=1S/C30H50O2/c1-20(2)30(13-7-14-30)32-19-21(3)24-8-9-25-28(24,5)17-12-26-27(4)16-11-23(31)18-22(27)10-15-29(25,26)6/h10,20-21,23-26,31H,7-9,11-19H2,1-6H3/t21-,23+,24-,25-,26-,27+,28-,29+/m1/s1. The van der Waals surface area contributed by atoms with Gasteiger partial charge in [-0.05, 0) is 116 Å². The average molecular weight is 443 g/mol. The minimum atomic E-state index is -0.103. The Balaban J connectivity index is 1.34. The van der Waals surface area contributed by atoms with Crippen LogP contribution < -0.4 is 0 Å². The molecule has 0 radical (unpaired) electrons. The van der Waals surface area contributed by atoms with Crippen molar-refractivity contribution in [2.24, 2.45) is 45.8 Å². The zero-order chi connectivity index (χ0) is 22.9. The van der Waals surface area contributed by atoms with E-state index in [2.05, 4.69) is 47.6 Å². The summed E-state index contributed by atoms with van der Waals surface area (Å²) in [7, 11) is 0. The molecule has 1 N–H and O–H groups in total. The molecular weight excluding hydrogens is 392 g/mol. The molecule has 5 rings (SSSR count). The fourth-order valence-corrected chi connectivity index (χ4v) is 10.1. The average Bonchev–Trinajstić information content (AvgIpc) is 3.06. The molecule has 0 aromatic rings. The highest BCUT2D eigenvalue weighted by atomic mass is 16.5. The van der Waals surface area contributed by atoms with E-state index in [-0.39, 0.29) is 11.7 Å². The molecule has 0 unspecified atom stereocenters. The van der Waals surface area contributed by atoms with Crippen molar-refractivity contribution >= 4 is 0 Å². The maximum Gasteiger partial charge on any atom is 0.0705 e. The van der Waals surface area contributed by atoms with Crippen molar-refractivity contribution in [3.63, 3.8) is 0 Å². The second-order valence-electron chi connectivity index (χ2n) is 13.9. The smallest absolute Gasteiger partial charge is 0.0705 e. The van der Waals surface area contributed by atoms with Crippen molar-refractivity contribution in [3.8, 4) is 0 Å². The number of hydrogen-bond donors (Lipinski definition) is 1. The lowest BCUT2D eigenvalue weighted by molar-refractivity contribution is -0.153. The summed E-state index contributed by atoms with van der Waals surface area (Å²) < 4.78 is 6.72. The minimum Gasteiger partial charge on any atom is -0.393 e. The summed E-state index contributed by atoms with van der Waals surface area (Å²) in [6.45, 7) is 16.1. The van der Waals surface area contributed by atoms with Crippen LogP contribution in [0.25, 0.3) is 0 Å². The van der Waals surface area contributed by atoms with E-state index in [1.165, 1.54) is 57.8 Å². The summed E-state index contributed by atoms with van der Waals surface area (Å²) in [6, 6.07) is 0. The van der Waals surface area contributed by atoms with Crippen LogP contribution in [0.5, 0.6) is 0 Å². The van der Waals surface area contributed by atoms with Gasteiger partial charge in [0.2, 0.25) is 0 Å². The van der Waals surface area contributed by atoms with Gasteiger partial charge in [0.05, 0.1) is 18.3 Å². The predicted molar refractivity (Wildman–Crippen MR) is 132 cm³/mol. The molecule has 0 heterocycles. The number of hydrogen-bond acceptors (Lipinski definition) is 2. The zero-order valence-electron chi connectivity index (χ0n) is 21.9. The second kappa shape index (κ2) is 7.84. The van der Waals surface area contributed by atoms with E-state index in [0.29, 0.717) is 28.1 Å². The normalized spacial score (nSPS) is 48.3. The van der Waals surface area contributed by atoms with Crippen molar-refractivity contribution in [3.05, 3.63) is 11.6 Å².